The molecule has 0 saturated carbocycles. The van der Waals surface area contributed by atoms with Crippen molar-refractivity contribution in [1.29, 1.82) is 0 Å². The van der Waals surface area contributed by atoms with Crippen LogP contribution in [0.15, 0.2) is 65.0 Å². The van der Waals surface area contributed by atoms with Crippen LogP contribution >= 0.6 is 22.9 Å². The lowest BCUT2D eigenvalue weighted by Crippen LogP contribution is -2.16. The smallest absolute Gasteiger partial charge is 0.279 e. The maximum atomic E-state index is 12.6. The van der Waals surface area contributed by atoms with Gasteiger partial charge in [-0.2, -0.15) is 4.99 Å². The van der Waals surface area contributed by atoms with E-state index in [0.29, 0.717) is 16.4 Å². The summed E-state index contributed by atoms with van der Waals surface area (Å²) in [6, 6.07) is 11.3. The van der Waals surface area contributed by atoms with Crippen molar-refractivity contribution in [3.05, 3.63) is 70.5 Å². The van der Waals surface area contributed by atoms with E-state index in [0.717, 1.165) is 16.5 Å². The molecule has 0 aliphatic carbocycles. The van der Waals surface area contributed by atoms with Gasteiger partial charge in [0.1, 0.15) is 0 Å². The average Bonchev–Trinajstić information content (AvgIpc) is 2.91. The minimum atomic E-state index is -3.40. The first kappa shape index (κ1) is 18.6. The van der Waals surface area contributed by atoms with Crippen molar-refractivity contribution in [3.8, 4) is 0 Å². The first-order valence-corrected chi connectivity index (χ1v) is 10.7. The van der Waals surface area contributed by atoms with E-state index in [1.165, 1.54) is 29.5 Å². The molecule has 134 valence electrons. The molecule has 3 aromatic rings. The highest BCUT2D eigenvalue weighted by Gasteiger charge is 2.12. The van der Waals surface area contributed by atoms with Crippen molar-refractivity contribution >= 4 is 48.9 Å². The molecule has 0 aliphatic heterocycles. The van der Waals surface area contributed by atoms with Crippen LogP contribution in [0.1, 0.15) is 10.4 Å². The number of carbonyl (C=O) groups is 1. The summed E-state index contributed by atoms with van der Waals surface area (Å²) in [5, 5.41) is 0.600. The van der Waals surface area contributed by atoms with Crippen LogP contribution in [0.25, 0.3) is 10.2 Å². The average molecular weight is 407 g/mol. The number of thiazole rings is 1. The third-order valence-corrected chi connectivity index (χ3v) is 6.05. The molecule has 26 heavy (non-hydrogen) atoms. The van der Waals surface area contributed by atoms with E-state index < -0.39 is 15.7 Å². The summed E-state index contributed by atoms with van der Waals surface area (Å²) in [5.74, 6) is -0.508. The second kappa shape index (κ2) is 7.19. The Balaban J connectivity index is 2.14. The molecule has 0 unspecified atom stereocenters. The van der Waals surface area contributed by atoms with Crippen LogP contribution in [-0.4, -0.2) is 25.1 Å². The fourth-order valence-corrected chi connectivity index (χ4v) is 4.43. The largest absolute Gasteiger partial charge is 0.312 e. The van der Waals surface area contributed by atoms with Gasteiger partial charge in [0.2, 0.25) is 0 Å². The van der Waals surface area contributed by atoms with Crippen LogP contribution in [0.2, 0.25) is 5.02 Å². The van der Waals surface area contributed by atoms with Gasteiger partial charge in [-0.1, -0.05) is 35.1 Å². The van der Waals surface area contributed by atoms with Gasteiger partial charge in [-0.25, -0.2) is 8.42 Å². The standard InChI is InChI=1S/C18H15ClN2O3S2/c1-3-9-21-15-8-7-13(19)11-16(15)25-18(21)20-17(22)12-5-4-6-14(10-12)26(2,23)24/h3-8,10-11H,1,9H2,2H3. The molecule has 0 spiro atoms. The molecule has 0 bridgehead atoms. The molecule has 1 amide bonds. The SMILES string of the molecule is C=CCn1c(=NC(=O)c2cccc(S(C)(=O)=O)c2)sc2cc(Cl)ccc21. The fraction of sp³-hybridized carbons (Fsp3) is 0.111. The fourth-order valence-electron chi connectivity index (χ4n) is 2.45. The van der Waals surface area contributed by atoms with Crippen LogP contribution in [0.5, 0.6) is 0 Å². The molecule has 1 heterocycles. The van der Waals surface area contributed by atoms with Crippen molar-refractivity contribution in [1.82, 2.24) is 4.57 Å². The van der Waals surface area contributed by atoms with Gasteiger partial charge >= 0.3 is 0 Å². The van der Waals surface area contributed by atoms with Gasteiger partial charge in [0.25, 0.3) is 5.91 Å². The van der Waals surface area contributed by atoms with Crippen LogP contribution < -0.4 is 4.80 Å². The maximum Gasteiger partial charge on any atom is 0.279 e. The van der Waals surface area contributed by atoms with Crippen molar-refractivity contribution in [3.63, 3.8) is 0 Å². The lowest BCUT2D eigenvalue weighted by Gasteiger charge is -2.02. The highest BCUT2D eigenvalue weighted by molar-refractivity contribution is 7.90. The highest BCUT2D eigenvalue weighted by Crippen LogP contribution is 2.22. The minimum Gasteiger partial charge on any atom is -0.312 e. The van der Waals surface area contributed by atoms with Gasteiger partial charge in [-0.05, 0) is 36.4 Å². The maximum absolute atomic E-state index is 12.6. The van der Waals surface area contributed by atoms with Gasteiger partial charge < -0.3 is 4.57 Å². The predicted molar refractivity (Wildman–Crippen MR) is 104 cm³/mol. The van der Waals surface area contributed by atoms with Gasteiger partial charge in [0, 0.05) is 23.4 Å². The number of fused-ring (bicyclic) bond motifs is 1. The molecule has 8 heteroatoms. The van der Waals surface area contributed by atoms with E-state index in [9.17, 15) is 13.2 Å². The van der Waals surface area contributed by atoms with Crippen LogP contribution in [0.3, 0.4) is 0 Å². The number of rotatable bonds is 4. The number of benzene rings is 2. The van der Waals surface area contributed by atoms with Crippen molar-refractivity contribution in [2.75, 3.05) is 6.26 Å². The zero-order valence-electron chi connectivity index (χ0n) is 13.8. The number of halogens is 1. The second-order valence-electron chi connectivity index (χ2n) is 5.61. The summed E-state index contributed by atoms with van der Waals surface area (Å²) in [4.78, 5) is 17.3. The summed E-state index contributed by atoms with van der Waals surface area (Å²) in [6.07, 6.45) is 2.82. The van der Waals surface area contributed by atoms with E-state index in [4.69, 9.17) is 11.6 Å². The second-order valence-corrected chi connectivity index (χ2v) is 9.07. The Morgan fingerprint density at radius 1 is 1.31 bits per heavy atom. The first-order valence-electron chi connectivity index (χ1n) is 7.58. The number of hydrogen-bond acceptors (Lipinski definition) is 4. The zero-order valence-corrected chi connectivity index (χ0v) is 16.2. The van der Waals surface area contributed by atoms with Crippen LogP contribution in [0.4, 0.5) is 0 Å². The summed E-state index contributed by atoms with van der Waals surface area (Å²) in [6.45, 7) is 4.22. The number of nitrogens with zero attached hydrogens (tertiary/aromatic N) is 2. The third-order valence-electron chi connectivity index (χ3n) is 3.66. The molecule has 5 nitrogen and oxygen atoms in total. The molecule has 0 saturated heterocycles. The molecule has 0 N–H and O–H groups in total. The summed E-state index contributed by atoms with van der Waals surface area (Å²) >= 11 is 7.38. The monoisotopic (exact) mass is 406 g/mol. The zero-order chi connectivity index (χ0) is 18.9. The van der Waals surface area contributed by atoms with Crippen molar-refractivity contribution in [2.24, 2.45) is 4.99 Å². The summed E-state index contributed by atoms with van der Waals surface area (Å²) < 4.78 is 26.1. The summed E-state index contributed by atoms with van der Waals surface area (Å²) in [7, 11) is -3.40. The Labute approximate surface area is 159 Å². The van der Waals surface area contributed by atoms with Crippen molar-refractivity contribution < 1.29 is 13.2 Å². The van der Waals surface area contributed by atoms with Gasteiger partial charge in [0.05, 0.1) is 15.1 Å². The Bertz CT molecular complexity index is 1190. The molecule has 3 rings (SSSR count). The molecular formula is C18H15ClN2O3S2. The van der Waals surface area contributed by atoms with Gasteiger partial charge in [0.15, 0.2) is 14.6 Å². The van der Waals surface area contributed by atoms with E-state index in [-0.39, 0.29) is 10.5 Å². The number of aromatic nitrogens is 1. The number of carbonyl (C=O) groups excluding carboxylic acids is 1. The van der Waals surface area contributed by atoms with Crippen molar-refractivity contribution in [2.45, 2.75) is 11.4 Å². The lowest BCUT2D eigenvalue weighted by atomic mass is 10.2. The van der Waals surface area contributed by atoms with E-state index in [2.05, 4.69) is 11.6 Å². The number of amides is 1. The summed E-state index contributed by atoms with van der Waals surface area (Å²) in [5.41, 5.74) is 1.12. The highest BCUT2D eigenvalue weighted by atomic mass is 35.5. The Morgan fingerprint density at radius 2 is 2.08 bits per heavy atom. The molecule has 0 radical (unpaired) electrons. The molecule has 0 aliphatic rings. The predicted octanol–water partition coefficient (Wildman–Crippen LogP) is 3.69. The van der Waals surface area contributed by atoms with E-state index in [1.807, 2.05) is 16.7 Å². The third kappa shape index (κ3) is 3.80. The molecule has 2 aromatic carbocycles. The van der Waals surface area contributed by atoms with Gasteiger partial charge in [-0.3, -0.25) is 4.79 Å². The number of hydrogen-bond donors (Lipinski definition) is 0. The lowest BCUT2D eigenvalue weighted by molar-refractivity contribution is 0.0997. The Hall–Kier alpha value is -2.22. The van der Waals surface area contributed by atoms with E-state index in [1.54, 1.807) is 18.2 Å². The quantitative estimate of drug-likeness (QED) is 0.620. The first-order chi connectivity index (χ1) is 12.3. The Morgan fingerprint density at radius 3 is 2.77 bits per heavy atom. The topological polar surface area (TPSA) is 68.5 Å². The minimum absolute atomic E-state index is 0.0839. The molecular weight excluding hydrogens is 392 g/mol. The van der Waals surface area contributed by atoms with Crippen LogP contribution in [-0.2, 0) is 16.4 Å². The molecule has 0 fully saturated rings. The number of allylic oxidation sites excluding steroid dienone is 1. The number of sulfone groups is 1. The van der Waals surface area contributed by atoms with Crippen LogP contribution in [0, 0.1) is 0 Å². The Kier molecular flexibility index (Phi) is 5.13. The molecule has 0 atom stereocenters. The van der Waals surface area contributed by atoms with E-state index >= 15 is 0 Å². The van der Waals surface area contributed by atoms with Gasteiger partial charge in [-0.15, -0.1) is 6.58 Å². The normalized spacial score (nSPS) is 12.5. The molecule has 1 aromatic heterocycles.